The van der Waals surface area contributed by atoms with Gasteiger partial charge in [0.15, 0.2) is 0 Å². The Bertz CT molecular complexity index is 1650. The number of hydrogen-bond donors (Lipinski definition) is 3. The summed E-state index contributed by atoms with van der Waals surface area (Å²) in [5.41, 5.74) is 6.78. The summed E-state index contributed by atoms with van der Waals surface area (Å²) < 4.78 is 0. The van der Waals surface area contributed by atoms with E-state index in [0.29, 0.717) is 27.1 Å². The van der Waals surface area contributed by atoms with Crippen molar-refractivity contribution < 1.29 is 19.4 Å². The molecule has 4 rings (SSSR count). The first-order valence-electron chi connectivity index (χ1n) is 11.2. The van der Waals surface area contributed by atoms with Gasteiger partial charge in [-0.1, -0.05) is 58.5 Å². The number of carbonyl (C=O) groups excluding carboxylic acids is 2. The minimum Gasteiger partial charge on any atom is -0.398 e. The SMILES string of the molecule is Nc1ccc([N+](=O)[O-])cc1Cl.O=C(Nc1cccc(Cl)c1)Nc1ccc([N+](=O)[O-])cc1Cl.O=C=Nc1cccc(Cl)c1. The van der Waals surface area contributed by atoms with Crippen LogP contribution in [0.3, 0.4) is 0 Å². The molecule has 0 aromatic heterocycles. The second-order valence-corrected chi connectivity index (χ2v) is 9.34. The topological polar surface area (TPSA) is 183 Å². The molecule has 12 nitrogen and oxygen atoms in total. The fraction of sp³-hybridized carbons (Fsp3) is 0. The van der Waals surface area contributed by atoms with Crippen molar-refractivity contribution in [3.8, 4) is 0 Å². The van der Waals surface area contributed by atoms with Crippen LogP contribution < -0.4 is 16.4 Å². The number of nitro groups is 2. The number of halogens is 4. The van der Waals surface area contributed by atoms with Crippen LogP contribution in [-0.4, -0.2) is 22.0 Å². The number of nitrogens with zero attached hydrogens (tertiary/aromatic N) is 3. The third-order valence-corrected chi connectivity index (χ3v) is 5.78. The van der Waals surface area contributed by atoms with Gasteiger partial charge in [-0.05, 0) is 48.5 Å². The average molecular weight is 652 g/mol. The lowest BCUT2D eigenvalue weighted by atomic mass is 10.3. The lowest BCUT2D eigenvalue weighted by molar-refractivity contribution is -0.385. The van der Waals surface area contributed by atoms with Gasteiger partial charge in [0, 0.05) is 40.0 Å². The van der Waals surface area contributed by atoms with Crippen LogP contribution in [0, 0.1) is 20.2 Å². The molecule has 0 spiro atoms. The van der Waals surface area contributed by atoms with Gasteiger partial charge < -0.3 is 16.4 Å². The number of benzene rings is 4. The second-order valence-electron chi connectivity index (χ2n) is 7.66. The molecule has 0 saturated carbocycles. The highest BCUT2D eigenvalue weighted by molar-refractivity contribution is 6.34. The Hall–Kier alpha value is -4.71. The fourth-order valence-electron chi connectivity index (χ4n) is 2.80. The van der Waals surface area contributed by atoms with E-state index in [0.717, 1.165) is 6.07 Å². The zero-order valence-corrected chi connectivity index (χ0v) is 24.0. The van der Waals surface area contributed by atoms with E-state index in [1.165, 1.54) is 36.4 Å². The van der Waals surface area contributed by atoms with Crippen molar-refractivity contribution in [2.75, 3.05) is 16.4 Å². The Labute approximate surface area is 258 Å². The van der Waals surface area contributed by atoms with Crippen LogP contribution in [0.15, 0.2) is 89.9 Å². The van der Waals surface area contributed by atoms with Gasteiger partial charge in [-0.2, -0.15) is 4.99 Å². The van der Waals surface area contributed by atoms with Crippen LogP contribution in [0.2, 0.25) is 20.1 Å². The van der Waals surface area contributed by atoms with Gasteiger partial charge in [-0.15, -0.1) is 0 Å². The van der Waals surface area contributed by atoms with Crippen LogP contribution in [0.4, 0.5) is 38.9 Å². The highest BCUT2D eigenvalue weighted by atomic mass is 35.5. The van der Waals surface area contributed by atoms with Crippen LogP contribution >= 0.6 is 46.4 Å². The molecule has 4 N–H and O–H groups in total. The van der Waals surface area contributed by atoms with Gasteiger partial charge in [0.05, 0.1) is 37.0 Å². The maximum Gasteiger partial charge on any atom is 0.323 e. The van der Waals surface area contributed by atoms with Crippen molar-refractivity contribution in [3.63, 3.8) is 0 Å². The molecule has 0 saturated heterocycles. The molecule has 2 amide bonds. The normalized spacial score (nSPS) is 9.52. The molecule has 42 heavy (non-hydrogen) atoms. The summed E-state index contributed by atoms with van der Waals surface area (Å²) in [6.07, 6.45) is 1.43. The summed E-state index contributed by atoms with van der Waals surface area (Å²) in [5, 5.41) is 27.2. The molecule has 0 aliphatic rings. The fourth-order valence-corrected chi connectivity index (χ4v) is 3.57. The summed E-state index contributed by atoms with van der Waals surface area (Å²) in [6, 6.07) is 20.5. The standard InChI is InChI=1S/C13H9Cl2N3O3.C7H4ClNO.C6H5ClN2O2/c14-8-2-1-3-9(6-8)16-13(19)17-12-5-4-10(18(20)21)7-11(12)15;8-6-2-1-3-7(4-6)9-5-10;7-5-3-4(9(10)11)1-2-6(5)8/h1-7H,(H2,16,17,19);1-4H;1-3H,8H2. The van der Waals surface area contributed by atoms with E-state index in [2.05, 4.69) is 15.6 Å². The number of hydrogen-bond acceptors (Lipinski definition) is 8. The van der Waals surface area contributed by atoms with Crippen LogP contribution in [0.25, 0.3) is 0 Å². The maximum absolute atomic E-state index is 11.8. The quantitative estimate of drug-likeness (QED) is 0.0633. The molecule has 0 heterocycles. The maximum atomic E-state index is 11.8. The van der Waals surface area contributed by atoms with Gasteiger partial charge in [-0.3, -0.25) is 20.2 Å². The number of aliphatic imine (C=N–C) groups is 1. The predicted molar refractivity (Wildman–Crippen MR) is 164 cm³/mol. The number of carbonyl (C=O) groups is 1. The first-order valence-corrected chi connectivity index (χ1v) is 12.7. The number of anilines is 3. The number of isocyanates is 1. The third-order valence-electron chi connectivity index (χ3n) is 4.67. The van der Waals surface area contributed by atoms with E-state index in [4.69, 9.17) is 52.1 Å². The van der Waals surface area contributed by atoms with Crippen molar-refractivity contribution in [3.05, 3.63) is 125 Å². The molecular weight excluding hydrogens is 634 g/mol. The van der Waals surface area contributed by atoms with Gasteiger partial charge in [-0.25, -0.2) is 9.59 Å². The molecule has 216 valence electrons. The Morgan fingerprint density at radius 2 is 1.33 bits per heavy atom. The summed E-state index contributed by atoms with van der Waals surface area (Å²) in [7, 11) is 0. The first-order chi connectivity index (χ1) is 19.9. The summed E-state index contributed by atoms with van der Waals surface area (Å²) in [6.45, 7) is 0. The van der Waals surface area contributed by atoms with E-state index in [1.54, 1.807) is 48.5 Å². The highest BCUT2D eigenvalue weighted by Crippen LogP contribution is 2.27. The molecule has 0 unspecified atom stereocenters. The highest BCUT2D eigenvalue weighted by Gasteiger charge is 2.11. The molecule has 16 heteroatoms. The molecule has 4 aromatic rings. The summed E-state index contributed by atoms with van der Waals surface area (Å²) >= 11 is 22.8. The minimum absolute atomic E-state index is 0.0517. The van der Waals surface area contributed by atoms with Gasteiger partial charge >= 0.3 is 6.03 Å². The number of nitrogens with two attached hydrogens (primary N) is 1. The number of amides is 2. The van der Waals surface area contributed by atoms with E-state index in [9.17, 15) is 29.8 Å². The molecule has 0 bridgehead atoms. The van der Waals surface area contributed by atoms with E-state index >= 15 is 0 Å². The molecule has 0 aliphatic carbocycles. The Morgan fingerprint density at radius 3 is 1.86 bits per heavy atom. The van der Waals surface area contributed by atoms with E-state index < -0.39 is 15.9 Å². The van der Waals surface area contributed by atoms with Crippen molar-refractivity contribution >= 4 is 92.6 Å². The van der Waals surface area contributed by atoms with Crippen molar-refractivity contribution in [2.45, 2.75) is 0 Å². The summed E-state index contributed by atoms with van der Waals surface area (Å²) in [4.78, 5) is 44.6. The van der Waals surface area contributed by atoms with Crippen molar-refractivity contribution in [1.29, 1.82) is 0 Å². The number of nitrogens with one attached hydrogen (secondary N) is 2. The molecular formula is C26H18Cl4N6O6. The Balaban J connectivity index is 0.000000246. The number of urea groups is 1. The lowest BCUT2D eigenvalue weighted by Gasteiger charge is -2.09. The van der Waals surface area contributed by atoms with Crippen LogP contribution in [-0.2, 0) is 4.79 Å². The van der Waals surface area contributed by atoms with Gasteiger partial charge in [0.2, 0.25) is 6.08 Å². The van der Waals surface area contributed by atoms with E-state index in [1.807, 2.05) is 0 Å². The largest absolute Gasteiger partial charge is 0.398 e. The van der Waals surface area contributed by atoms with Gasteiger partial charge in [0.1, 0.15) is 0 Å². The lowest BCUT2D eigenvalue weighted by Crippen LogP contribution is -2.19. The molecule has 0 atom stereocenters. The number of nitro benzene ring substituents is 2. The van der Waals surface area contributed by atoms with E-state index in [-0.39, 0.29) is 27.1 Å². The Morgan fingerprint density at radius 1 is 0.762 bits per heavy atom. The monoisotopic (exact) mass is 650 g/mol. The number of rotatable bonds is 5. The zero-order valence-electron chi connectivity index (χ0n) is 21.0. The third kappa shape index (κ3) is 11.4. The average Bonchev–Trinajstić information content (AvgIpc) is 2.92. The van der Waals surface area contributed by atoms with Gasteiger partial charge in [0.25, 0.3) is 11.4 Å². The minimum atomic E-state index is -0.568. The molecule has 0 aliphatic heterocycles. The molecule has 4 aromatic carbocycles. The van der Waals surface area contributed by atoms with Crippen LogP contribution in [0.5, 0.6) is 0 Å². The zero-order chi connectivity index (χ0) is 31.2. The molecule has 0 radical (unpaired) electrons. The number of non-ortho nitro benzene ring substituents is 2. The smallest absolute Gasteiger partial charge is 0.323 e. The number of nitrogen functional groups attached to an aromatic ring is 1. The first kappa shape index (κ1) is 33.5. The van der Waals surface area contributed by atoms with Crippen molar-refractivity contribution in [1.82, 2.24) is 0 Å². The van der Waals surface area contributed by atoms with Crippen molar-refractivity contribution in [2.24, 2.45) is 4.99 Å². The van der Waals surface area contributed by atoms with Crippen LogP contribution in [0.1, 0.15) is 0 Å². The molecule has 0 fully saturated rings. The Kier molecular flexibility index (Phi) is 13.2. The predicted octanol–water partition coefficient (Wildman–Crippen LogP) is 8.68. The summed E-state index contributed by atoms with van der Waals surface area (Å²) in [5.74, 6) is 0. The second kappa shape index (κ2) is 16.5.